The van der Waals surface area contributed by atoms with Crippen LogP contribution in [0.1, 0.15) is 31.2 Å². The molecule has 1 aromatic carbocycles. The molecule has 0 aliphatic carbocycles. The lowest BCUT2D eigenvalue weighted by Crippen LogP contribution is -2.29. The van der Waals surface area contributed by atoms with Crippen molar-refractivity contribution in [2.45, 2.75) is 32.2 Å². The van der Waals surface area contributed by atoms with Gasteiger partial charge in [0.25, 0.3) is 0 Å². The van der Waals surface area contributed by atoms with Gasteiger partial charge in [-0.3, -0.25) is 9.69 Å². The number of nitrogens with zero attached hydrogens (tertiary/aromatic N) is 1. The lowest BCUT2D eigenvalue weighted by Gasteiger charge is -2.26. The maximum atomic E-state index is 10.8. The lowest BCUT2D eigenvalue weighted by atomic mass is 10.1. The van der Waals surface area contributed by atoms with E-state index < -0.39 is 6.61 Å². The first-order valence-corrected chi connectivity index (χ1v) is 8.09. The highest BCUT2D eigenvalue weighted by molar-refractivity contribution is 5.85. The van der Waals surface area contributed by atoms with Gasteiger partial charge in [0, 0.05) is 13.1 Å². The highest BCUT2D eigenvalue weighted by atomic mass is 35.5. The maximum absolute atomic E-state index is 10.8. The van der Waals surface area contributed by atoms with Gasteiger partial charge in [-0.15, -0.1) is 12.4 Å². The van der Waals surface area contributed by atoms with Crippen LogP contribution < -0.4 is 10.1 Å². The third-order valence-electron chi connectivity index (χ3n) is 3.83. The fourth-order valence-electron chi connectivity index (χ4n) is 2.61. The molecule has 1 aliphatic heterocycles. The number of likely N-dealkylation sites (tertiary alicyclic amines) is 1. The van der Waals surface area contributed by atoms with E-state index in [2.05, 4.69) is 22.3 Å². The quantitative estimate of drug-likeness (QED) is 0.709. The Morgan fingerprint density at radius 1 is 1.17 bits per heavy atom. The summed E-state index contributed by atoms with van der Waals surface area (Å²) in [6, 6.07) is 8.26. The number of aliphatic hydroxyl groups is 1. The van der Waals surface area contributed by atoms with Crippen LogP contribution in [0.25, 0.3) is 0 Å². The molecule has 1 aliphatic rings. The van der Waals surface area contributed by atoms with E-state index >= 15 is 0 Å². The first-order valence-electron chi connectivity index (χ1n) is 8.09. The molecule has 0 bridgehead atoms. The number of ether oxygens (including phenoxy) is 1. The third kappa shape index (κ3) is 7.68. The molecular formula is C17H27ClN2O3. The summed E-state index contributed by atoms with van der Waals surface area (Å²) in [5, 5.41) is 11.2. The molecule has 0 unspecified atom stereocenters. The van der Waals surface area contributed by atoms with Crippen LogP contribution in [-0.2, 0) is 11.3 Å². The Bertz CT molecular complexity index is 448. The number of rotatable bonds is 8. The van der Waals surface area contributed by atoms with Crippen LogP contribution in [0, 0.1) is 0 Å². The molecule has 1 amide bonds. The Hall–Kier alpha value is -1.30. The van der Waals surface area contributed by atoms with Crippen molar-refractivity contribution < 1.29 is 14.6 Å². The van der Waals surface area contributed by atoms with Crippen molar-refractivity contribution in [1.82, 2.24) is 10.2 Å². The van der Waals surface area contributed by atoms with Gasteiger partial charge in [-0.05, 0) is 50.0 Å². The van der Waals surface area contributed by atoms with Crippen molar-refractivity contribution in [3.05, 3.63) is 29.8 Å². The van der Waals surface area contributed by atoms with Crippen LogP contribution in [-0.4, -0.2) is 48.8 Å². The minimum absolute atomic E-state index is 0. The number of piperidine rings is 1. The summed E-state index contributed by atoms with van der Waals surface area (Å²) >= 11 is 0. The Balaban J connectivity index is 0.00000264. The van der Waals surface area contributed by atoms with Crippen molar-refractivity contribution in [2.24, 2.45) is 0 Å². The summed E-state index contributed by atoms with van der Waals surface area (Å²) in [5.41, 5.74) is 1.32. The molecule has 1 fully saturated rings. The van der Waals surface area contributed by atoms with Gasteiger partial charge in [0.1, 0.15) is 12.4 Å². The van der Waals surface area contributed by atoms with Gasteiger partial charge in [0.2, 0.25) is 5.91 Å². The van der Waals surface area contributed by atoms with E-state index in [9.17, 15) is 4.79 Å². The Morgan fingerprint density at radius 2 is 1.87 bits per heavy atom. The molecule has 1 saturated heterocycles. The zero-order valence-corrected chi connectivity index (χ0v) is 14.3. The molecule has 0 radical (unpaired) electrons. The molecule has 0 atom stereocenters. The number of hydrogen-bond acceptors (Lipinski definition) is 4. The van der Waals surface area contributed by atoms with Crippen LogP contribution in [0.3, 0.4) is 0 Å². The summed E-state index contributed by atoms with van der Waals surface area (Å²) in [6.07, 6.45) is 4.71. The zero-order chi connectivity index (χ0) is 15.6. The topological polar surface area (TPSA) is 61.8 Å². The van der Waals surface area contributed by atoms with Crippen molar-refractivity contribution in [3.63, 3.8) is 0 Å². The predicted molar refractivity (Wildman–Crippen MR) is 93.0 cm³/mol. The van der Waals surface area contributed by atoms with Crippen LogP contribution in [0.2, 0.25) is 0 Å². The van der Waals surface area contributed by atoms with Crippen molar-refractivity contribution in [1.29, 1.82) is 0 Å². The van der Waals surface area contributed by atoms with Crippen LogP contribution >= 0.6 is 12.4 Å². The largest absolute Gasteiger partial charge is 0.494 e. The number of carbonyl (C=O) groups is 1. The molecule has 1 aromatic rings. The number of carbonyl (C=O) groups excluding carboxylic acids is 1. The monoisotopic (exact) mass is 342 g/mol. The SMILES string of the molecule is Cl.O=C(CO)NCCCOc1ccc(CN2CCCCC2)cc1. The second-order valence-electron chi connectivity index (χ2n) is 5.69. The van der Waals surface area contributed by atoms with Crippen LogP contribution in [0.5, 0.6) is 5.75 Å². The molecular weight excluding hydrogens is 316 g/mol. The molecule has 5 nitrogen and oxygen atoms in total. The Kier molecular flexibility index (Phi) is 9.67. The maximum Gasteiger partial charge on any atom is 0.245 e. The van der Waals surface area contributed by atoms with E-state index in [4.69, 9.17) is 9.84 Å². The van der Waals surface area contributed by atoms with Crippen LogP contribution in [0.4, 0.5) is 0 Å². The molecule has 0 spiro atoms. The minimum Gasteiger partial charge on any atom is -0.494 e. The van der Waals surface area contributed by atoms with Gasteiger partial charge in [-0.25, -0.2) is 0 Å². The molecule has 0 aromatic heterocycles. The molecule has 23 heavy (non-hydrogen) atoms. The fraction of sp³-hybridized carbons (Fsp3) is 0.588. The second kappa shape index (κ2) is 11.3. The predicted octanol–water partition coefficient (Wildman–Crippen LogP) is 1.97. The van der Waals surface area contributed by atoms with E-state index in [0.717, 1.165) is 18.7 Å². The van der Waals surface area contributed by atoms with Crippen LogP contribution in [0.15, 0.2) is 24.3 Å². The average molecular weight is 343 g/mol. The Labute approximate surface area is 144 Å². The number of benzene rings is 1. The third-order valence-corrected chi connectivity index (χ3v) is 3.83. The van der Waals surface area contributed by atoms with Crippen molar-refractivity contribution in [3.8, 4) is 5.75 Å². The first-order chi connectivity index (χ1) is 10.8. The average Bonchev–Trinajstić information content (AvgIpc) is 2.57. The molecule has 0 saturated carbocycles. The summed E-state index contributed by atoms with van der Waals surface area (Å²) in [4.78, 5) is 13.3. The molecule has 2 N–H and O–H groups in total. The smallest absolute Gasteiger partial charge is 0.245 e. The number of amides is 1. The fourth-order valence-corrected chi connectivity index (χ4v) is 2.61. The summed E-state index contributed by atoms with van der Waals surface area (Å²) < 4.78 is 5.64. The van der Waals surface area contributed by atoms with E-state index in [-0.39, 0.29) is 18.3 Å². The van der Waals surface area contributed by atoms with Gasteiger partial charge >= 0.3 is 0 Å². The minimum atomic E-state index is -0.459. The van der Waals surface area contributed by atoms with Gasteiger partial charge in [-0.2, -0.15) is 0 Å². The van der Waals surface area contributed by atoms with E-state index in [1.807, 2.05) is 12.1 Å². The van der Waals surface area contributed by atoms with Crippen molar-refractivity contribution >= 4 is 18.3 Å². The van der Waals surface area contributed by atoms with Crippen molar-refractivity contribution in [2.75, 3.05) is 32.8 Å². The summed E-state index contributed by atoms with van der Waals surface area (Å²) in [6.45, 7) is 4.05. The Morgan fingerprint density at radius 3 is 2.52 bits per heavy atom. The zero-order valence-electron chi connectivity index (χ0n) is 13.5. The summed E-state index contributed by atoms with van der Waals surface area (Å²) in [5.74, 6) is 0.512. The number of halogens is 1. The van der Waals surface area contributed by atoms with Gasteiger partial charge in [0.15, 0.2) is 0 Å². The first kappa shape index (κ1) is 19.7. The highest BCUT2D eigenvalue weighted by Gasteiger charge is 2.10. The highest BCUT2D eigenvalue weighted by Crippen LogP contribution is 2.16. The molecule has 6 heteroatoms. The molecule has 130 valence electrons. The van der Waals surface area contributed by atoms with E-state index in [1.54, 1.807) is 0 Å². The normalized spacial score (nSPS) is 14.8. The summed E-state index contributed by atoms with van der Waals surface area (Å²) in [7, 11) is 0. The van der Waals surface area contributed by atoms with Gasteiger partial charge in [-0.1, -0.05) is 18.6 Å². The standard InChI is InChI=1S/C17H26N2O3.ClH/c20-14-17(21)18-9-4-12-22-16-7-5-15(6-8-16)13-19-10-2-1-3-11-19;/h5-8,20H,1-4,9-14H2,(H,18,21);1H. The van der Waals surface area contributed by atoms with E-state index in [0.29, 0.717) is 13.2 Å². The van der Waals surface area contributed by atoms with Gasteiger partial charge < -0.3 is 15.2 Å². The van der Waals surface area contributed by atoms with E-state index in [1.165, 1.54) is 37.9 Å². The number of hydrogen-bond donors (Lipinski definition) is 2. The van der Waals surface area contributed by atoms with Gasteiger partial charge in [0.05, 0.1) is 6.61 Å². The number of nitrogens with one attached hydrogen (secondary N) is 1. The lowest BCUT2D eigenvalue weighted by molar-refractivity contribution is -0.123. The number of aliphatic hydroxyl groups excluding tert-OH is 1. The molecule has 1 heterocycles. The second-order valence-corrected chi connectivity index (χ2v) is 5.69. The molecule has 2 rings (SSSR count).